The average molecular weight is 430 g/mol. The Bertz CT molecular complexity index is 1300. The molecule has 0 bridgehead atoms. The van der Waals surface area contributed by atoms with Crippen LogP contribution in [0, 0.1) is 29.3 Å². The quantitative estimate of drug-likeness (QED) is 0.353. The number of benzene rings is 3. The molecule has 3 aromatic carbocycles. The molecule has 0 aliphatic rings. The van der Waals surface area contributed by atoms with Gasteiger partial charge in [0.25, 0.3) is 0 Å². The lowest BCUT2D eigenvalue weighted by molar-refractivity contribution is 0.573. The first-order valence-corrected chi connectivity index (χ1v) is 10.5. The number of fused-ring (bicyclic) bond motifs is 1. The van der Waals surface area contributed by atoms with Crippen molar-refractivity contribution in [2.24, 2.45) is 0 Å². The molecule has 1 aromatic heterocycles. The number of aryl methyl sites for hydroxylation is 3. The Morgan fingerprint density at radius 1 is 0.719 bits per heavy atom. The summed E-state index contributed by atoms with van der Waals surface area (Å²) in [5, 5.41) is 1.54. The monoisotopic (exact) mass is 430 g/mol. The van der Waals surface area contributed by atoms with Gasteiger partial charge in [-0.2, -0.15) is 0 Å². The highest BCUT2D eigenvalue weighted by molar-refractivity contribution is 5.84. The van der Waals surface area contributed by atoms with E-state index >= 15 is 0 Å². The molecule has 0 radical (unpaired) electrons. The topological polar surface area (TPSA) is 25.8 Å². The van der Waals surface area contributed by atoms with Crippen molar-refractivity contribution in [3.63, 3.8) is 0 Å². The summed E-state index contributed by atoms with van der Waals surface area (Å²) >= 11 is 0. The minimum absolute atomic E-state index is 0.270. The van der Waals surface area contributed by atoms with Crippen molar-refractivity contribution in [3.8, 4) is 11.8 Å². The number of nitrogens with zero attached hydrogens (tertiary/aromatic N) is 2. The number of rotatable bonds is 5. The van der Waals surface area contributed by atoms with E-state index in [1.54, 1.807) is 36.7 Å². The fourth-order valence-corrected chi connectivity index (χ4v) is 3.50. The van der Waals surface area contributed by atoms with Gasteiger partial charge in [0.1, 0.15) is 23.3 Å². The maximum absolute atomic E-state index is 14.6. The molecule has 0 aliphatic carbocycles. The molecule has 32 heavy (non-hydrogen) atoms. The third-order valence-corrected chi connectivity index (χ3v) is 5.17. The van der Waals surface area contributed by atoms with Crippen LogP contribution in [0.3, 0.4) is 0 Å². The van der Waals surface area contributed by atoms with Crippen LogP contribution in [0.15, 0.2) is 60.9 Å². The van der Waals surface area contributed by atoms with Gasteiger partial charge in [-0.3, -0.25) is 0 Å². The van der Waals surface area contributed by atoms with Crippen molar-refractivity contribution in [1.29, 1.82) is 0 Å². The minimum atomic E-state index is -0.699. The van der Waals surface area contributed by atoms with Crippen LogP contribution in [-0.4, -0.2) is 9.97 Å². The van der Waals surface area contributed by atoms with E-state index in [-0.39, 0.29) is 11.4 Å². The van der Waals surface area contributed by atoms with Crippen molar-refractivity contribution < 1.29 is 13.2 Å². The SMILES string of the molecule is CCCc1cnc(CCc2cc(F)c(C#Cc3ccc4cc(F)ccc4c3)c(F)c2)nc1. The van der Waals surface area contributed by atoms with E-state index in [2.05, 4.69) is 28.7 Å². The Morgan fingerprint density at radius 2 is 1.41 bits per heavy atom. The van der Waals surface area contributed by atoms with Crippen molar-refractivity contribution in [3.05, 3.63) is 106 Å². The van der Waals surface area contributed by atoms with E-state index in [0.29, 0.717) is 29.8 Å². The van der Waals surface area contributed by atoms with E-state index in [1.807, 2.05) is 0 Å². The van der Waals surface area contributed by atoms with E-state index in [4.69, 9.17) is 0 Å². The predicted molar refractivity (Wildman–Crippen MR) is 120 cm³/mol. The molecular weight excluding hydrogens is 409 g/mol. The highest BCUT2D eigenvalue weighted by Crippen LogP contribution is 2.19. The van der Waals surface area contributed by atoms with Gasteiger partial charge in [0.15, 0.2) is 0 Å². The molecule has 0 saturated carbocycles. The van der Waals surface area contributed by atoms with Gasteiger partial charge in [0.05, 0.1) is 5.56 Å². The molecule has 0 amide bonds. The summed E-state index contributed by atoms with van der Waals surface area (Å²) in [6.45, 7) is 2.09. The molecule has 0 saturated heterocycles. The van der Waals surface area contributed by atoms with Gasteiger partial charge in [-0.25, -0.2) is 23.1 Å². The van der Waals surface area contributed by atoms with E-state index in [1.165, 1.54) is 24.3 Å². The fraction of sp³-hybridized carbons (Fsp3) is 0.185. The first-order chi connectivity index (χ1) is 15.5. The molecule has 0 N–H and O–H groups in total. The number of hydrogen-bond donors (Lipinski definition) is 0. The number of hydrogen-bond acceptors (Lipinski definition) is 2. The first kappa shape index (κ1) is 21.6. The minimum Gasteiger partial charge on any atom is -0.241 e. The highest BCUT2D eigenvalue weighted by Gasteiger charge is 2.10. The van der Waals surface area contributed by atoms with Crippen LogP contribution < -0.4 is 0 Å². The van der Waals surface area contributed by atoms with Gasteiger partial charge in [0, 0.05) is 24.4 Å². The second-order valence-electron chi connectivity index (χ2n) is 7.65. The highest BCUT2D eigenvalue weighted by atomic mass is 19.1. The molecule has 0 spiro atoms. The molecule has 0 unspecified atom stereocenters. The zero-order valence-electron chi connectivity index (χ0n) is 17.6. The second kappa shape index (κ2) is 9.65. The lowest BCUT2D eigenvalue weighted by Gasteiger charge is -2.05. The number of halogens is 3. The summed E-state index contributed by atoms with van der Waals surface area (Å²) in [5.41, 5.74) is 1.93. The Morgan fingerprint density at radius 3 is 2.12 bits per heavy atom. The normalized spacial score (nSPS) is 10.8. The van der Waals surface area contributed by atoms with Crippen LogP contribution >= 0.6 is 0 Å². The summed E-state index contributed by atoms with van der Waals surface area (Å²) in [4.78, 5) is 8.64. The van der Waals surface area contributed by atoms with Gasteiger partial charge in [-0.15, -0.1) is 0 Å². The third kappa shape index (κ3) is 5.15. The van der Waals surface area contributed by atoms with Crippen LogP contribution in [0.25, 0.3) is 10.8 Å². The Labute approximate surface area is 185 Å². The summed E-state index contributed by atoms with van der Waals surface area (Å²) in [7, 11) is 0. The fourth-order valence-electron chi connectivity index (χ4n) is 3.50. The lowest BCUT2D eigenvalue weighted by atomic mass is 10.0. The third-order valence-electron chi connectivity index (χ3n) is 5.17. The smallest absolute Gasteiger partial charge is 0.142 e. The summed E-state index contributed by atoms with van der Waals surface area (Å²) in [6.07, 6.45) is 6.47. The molecule has 4 rings (SSSR count). The first-order valence-electron chi connectivity index (χ1n) is 10.5. The molecular formula is C27H21F3N2. The van der Waals surface area contributed by atoms with Crippen LogP contribution in [0.4, 0.5) is 13.2 Å². The molecule has 0 aliphatic heterocycles. The predicted octanol–water partition coefficient (Wildman–Crippen LogP) is 6.18. The maximum atomic E-state index is 14.6. The summed E-state index contributed by atoms with van der Waals surface area (Å²) in [5.74, 6) is 4.32. The molecule has 0 fully saturated rings. The summed E-state index contributed by atoms with van der Waals surface area (Å²) in [6, 6.07) is 12.2. The van der Waals surface area contributed by atoms with Crippen LogP contribution in [0.5, 0.6) is 0 Å². The van der Waals surface area contributed by atoms with E-state index in [0.717, 1.165) is 29.2 Å². The standard InChI is InChI=1S/C27H21F3N2/c1-2-3-20-16-31-27(32-17-20)11-6-19-13-25(29)24(26(30)14-19)10-5-18-4-7-22-15-23(28)9-8-21(22)12-18/h4,7-9,12-17H,2-3,6,11H2,1H3. The zero-order valence-corrected chi connectivity index (χ0v) is 17.6. The van der Waals surface area contributed by atoms with Gasteiger partial charge >= 0.3 is 0 Å². The van der Waals surface area contributed by atoms with E-state index < -0.39 is 11.6 Å². The lowest BCUT2D eigenvalue weighted by Crippen LogP contribution is -2.01. The Hall–Kier alpha value is -3.65. The van der Waals surface area contributed by atoms with Crippen LogP contribution in [-0.2, 0) is 19.3 Å². The van der Waals surface area contributed by atoms with E-state index in [9.17, 15) is 13.2 Å². The second-order valence-corrected chi connectivity index (χ2v) is 7.65. The van der Waals surface area contributed by atoms with Crippen LogP contribution in [0.2, 0.25) is 0 Å². The molecule has 5 heteroatoms. The summed E-state index contributed by atoms with van der Waals surface area (Å²) < 4.78 is 42.4. The molecule has 1 heterocycles. The largest absolute Gasteiger partial charge is 0.241 e. The van der Waals surface area contributed by atoms with Gasteiger partial charge in [0.2, 0.25) is 0 Å². The number of aromatic nitrogens is 2. The van der Waals surface area contributed by atoms with Crippen molar-refractivity contribution in [1.82, 2.24) is 9.97 Å². The molecule has 2 nitrogen and oxygen atoms in total. The Kier molecular flexibility index (Phi) is 6.51. The molecule has 4 aromatic rings. The van der Waals surface area contributed by atoms with Crippen LogP contribution in [0.1, 0.15) is 41.4 Å². The average Bonchev–Trinajstić information content (AvgIpc) is 2.78. The molecule has 0 atom stereocenters. The van der Waals surface area contributed by atoms with Gasteiger partial charge < -0.3 is 0 Å². The van der Waals surface area contributed by atoms with Gasteiger partial charge in [-0.05, 0) is 71.1 Å². The van der Waals surface area contributed by atoms with Crippen molar-refractivity contribution >= 4 is 10.8 Å². The van der Waals surface area contributed by atoms with Gasteiger partial charge in [-0.1, -0.05) is 37.3 Å². The van der Waals surface area contributed by atoms with Crippen molar-refractivity contribution in [2.45, 2.75) is 32.6 Å². The maximum Gasteiger partial charge on any atom is 0.142 e. The van der Waals surface area contributed by atoms with Crippen molar-refractivity contribution in [2.75, 3.05) is 0 Å². The zero-order chi connectivity index (χ0) is 22.5. The molecule has 160 valence electrons. The Balaban J connectivity index is 1.49.